The van der Waals surface area contributed by atoms with E-state index < -0.39 is 33.9 Å². The number of nitro benzene ring substituents is 1. The van der Waals surface area contributed by atoms with Crippen molar-refractivity contribution in [1.29, 1.82) is 0 Å². The number of nitrogens with two attached hydrogens (primary N) is 1. The summed E-state index contributed by atoms with van der Waals surface area (Å²) in [5.74, 6) is -0.953. The van der Waals surface area contributed by atoms with E-state index in [1.807, 2.05) is 0 Å². The van der Waals surface area contributed by atoms with E-state index in [2.05, 4.69) is 5.32 Å². The SMILES string of the molecule is C[C@@](O)(CSC1=CC=C(N)CC1)C(=O)Nc1ccc([N+](=O)[O-])c(C(F)(F)F)c1. The maximum absolute atomic E-state index is 13.0. The first-order valence-electron chi connectivity index (χ1n) is 8.07. The number of nitro groups is 1. The molecule has 0 aromatic heterocycles. The van der Waals surface area contributed by atoms with Crippen molar-refractivity contribution in [1.82, 2.24) is 0 Å². The molecule has 28 heavy (non-hydrogen) atoms. The zero-order valence-electron chi connectivity index (χ0n) is 14.7. The van der Waals surface area contributed by atoms with E-state index in [4.69, 9.17) is 5.73 Å². The highest BCUT2D eigenvalue weighted by Gasteiger charge is 2.39. The van der Waals surface area contributed by atoms with E-state index in [1.54, 1.807) is 12.2 Å². The number of hydrogen-bond donors (Lipinski definition) is 3. The highest BCUT2D eigenvalue weighted by Crippen LogP contribution is 2.37. The zero-order chi connectivity index (χ0) is 21.1. The Hall–Kier alpha value is -2.53. The topological polar surface area (TPSA) is 118 Å². The zero-order valence-corrected chi connectivity index (χ0v) is 15.6. The van der Waals surface area contributed by atoms with E-state index in [9.17, 15) is 33.2 Å². The highest BCUT2D eigenvalue weighted by molar-refractivity contribution is 8.03. The third-order valence-electron chi connectivity index (χ3n) is 3.93. The van der Waals surface area contributed by atoms with Gasteiger partial charge in [0.2, 0.25) is 0 Å². The number of benzene rings is 1. The molecule has 0 saturated heterocycles. The lowest BCUT2D eigenvalue weighted by atomic mass is 10.1. The summed E-state index contributed by atoms with van der Waals surface area (Å²) < 4.78 is 39.1. The number of carbonyl (C=O) groups is 1. The van der Waals surface area contributed by atoms with Crippen LogP contribution in [-0.2, 0) is 11.0 Å². The van der Waals surface area contributed by atoms with Gasteiger partial charge in [-0.1, -0.05) is 6.08 Å². The molecule has 0 heterocycles. The second kappa shape index (κ2) is 8.23. The van der Waals surface area contributed by atoms with E-state index in [0.717, 1.165) is 16.7 Å². The van der Waals surface area contributed by atoms with Crippen molar-refractivity contribution >= 4 is 29.0 Å². The Morgan fingerprint density at radius 3 is 2.57 bits per heavy atom. The lowest BCUT2D eigenvalue weighted by molar-refractivity contribution is -0.388. The van der Waals surface area contributed by atoms with Gasteiger partial charge in [0, 0.05) is 23.2 Å². The molecule has 0 bridgehead atoms. The summed E-state index contributed by atoms with van der Waals surface area (Å²) in [6, 6.07) is 2.10. The Morgan fingerprint density at radius 1 is 1.36 bits per heavy atom. The van der Waals surface area contributed by atoms with E-state index in [-0.39, 0.29) is 11.4 Å². The average Bonchev–Trinajstić information content (AvgIpc) is 2.60. The molecule has 0 spiro atoms. The number of amides is 1. The predicted octanol–water partition coefficient (Wildman–Crippen LogP) is 3.56. The van der Waals surface area contributed by atoms with E-state index in [1.165, 1.54) is 18.7 Å². The van der Waals surface area contributed by atoms with Gasteiger partial charge in [-0.05, 0) is 42.9 Å². The first-order valence-corrected chi connectivity index (χ1v) is 9.06. The van der Waals surface area contributed by atoms with Crippen LogP contribution in [0.15, 0.2) is 41.0 Å². The number of anilines is 1. The van der Waals surface area contributed by atoms with Crippen LogP contribution in [0.2, 0.25) is 0 Å². The summed E-state index contributed by atoms with van der Waals surface area (Å²) in [5, 5.41) is 23.3. The number of halogens is 3. The number of alkyl halides is 3. The van der Waals surface area contributed by atoms with Crippen LogP contribution in [0.1, 0.15) is 25.3 Å². The molecule has 1 aromatic carbocycles. The summed E-state index contributed by atoms with van der Waals surface area (Å²) in [5.41, 5.74) is 1.60. The molecule has 1 atom stereocenters. The Kier molecular flexibility index (Phi) is 6.40. The van der Waals surface area contributed by atoms with Gasteiger partial charge in [-0.3, -0.25) is 14.9 Å². The van der Waals surface area contributed by atoms with Gasteiger partial charge in [0.25, 0.3) is 11.6 Å². The maximum atomic E-state index is 13.0. The molecule has 4 N–H and O–H groups in total. The molecule has 152 valence electrons. The third-order valence-corrected chi connectivity index (χ3v) is 5.35. The molecule has 1 aliphatic rings. The minimum atomic E-state index is -4.97. The number of nitrogens with one attached hydrogen (secondary N) is 1. The molecule has 0 unspecified atom stereocenters. The average molecular weight is 417 g/mol. The fraction of sp³-hybridized carbons (Fsp3) is 0.353. The second-order valence-corrected chi connectivity index (χ2v) is 7.48. The summed E-state index contributed by atoms with van der Waals surface area (Å²) >= 11 is 1.24. The minimum absolute atomic E-state index is 0.0302. The van der Waals surface area contributed by atoms with Crippen molar-refractivity contribution in [2.45, 2.75) is 31.5 Å². The summed E-state index contributed by atoms with van der Waals surface area (Å²) in [6.07, 6.45) is -0.123. The summed E-state index contributed by atoms with van der Waals surface area (Å²) in [6.45, 7) is 1.24. The van der Waals surface area contributed by atoms with Crippen LogP contribution < -0.4 is 11.1 Å². The van der Waals surface area contributed by atoms with Crippen molar-refractivity contribution in [2.24, 2.45) is 5.73 Å². The molecule has 0 radical (unpaired) electrons. The van der Waals surface area contributed by atoms with Gasteiger partial charge in [-0.15, -0.1) is 11.8 Å². The molecular formula is C17H18F3N3O4S. The van der Waals surface area contributed by atoms with Gasteiger partial charge in [0.05, 0.1) is 4.92 Å². The summed E-state index contributed by atoms with van der Waals surface area (Å²) in [7, 11) is 0. The van der Waals surface area contributed by atoms with Crippen molar-refractivity contribution < 1.29 is 28.0 Å². The van der Waals surface area contributed by atoms with Gasteiger partial charge in [-0.2, -0.15) is 13.2 Å². The second-order valence-electron chi connectivity index (χ2n) is 6.38. The number of aliphatic hydroxyl groups is 1. The van der Waals surface area contributed by atoms with Crippen LogP contribution in [0.4, 0.5) is 24.5 Å². The Balaban J connectivity index is 2.11. The van der Waals surface area contributed by atoms with Gasteiger partial charge in [0.15, 0.2) is 0 Å². The van der Waals surface area contributed by atoms with Crippen molar-refractivity contribution in [3.63, 3.8) is 0 Å². The molecule has 11 heteroatoms. The maximum Gasteiger partial charge on any atom is 0.423 e. The number of carbonyl (C=O) groups excluding carboxylic acids is 1. The van der Waals surface area contributed by atoms with Gasteiger partial charge in [-0.25, -0.2) is 0 Å². The van der Waals surface area contributed by atoms with E-state index in [0.29, 0.717) is 25.0 Å². The van der Waals surface area contributed by atoms with E-state index >= 15 is 0 Å². The van der Waals surface area contributed by atoms with Crippen molar-refractivity contribution in [3.05, 3.63) is 56.6 Å². The molecule has 0 saturated carbocycles. The van der Waals surface area contributed by atoms with Crippen LogP contribution in [0, 0.1) is 10.1 Å². The molecular weight excluding hydrogens is 399 g/mol. The van der Waals surface area contributed by atoms with Gasteiger partial charge >= 0.3 is 6.18 Å². The Morgan fingerprint density at radius 2 is 2.04 bits per heavy atom. The smallest absolute Gasteiger partial charge is 0.402 e. The number of rotatable bonds is 6. The predicted molar refractivity (Wildman–Crippen MR) is 99.4 cm³/mol. The van der Waals surface area contributed by atoms with Crippen LogP contribution in [0.25, 0.3) is 0 Å². The number of thioether (sulfide) groups is 1. The van der Waals surface area contributed by atoms with Crippen LogP contribution in [0.5, 0.6) is 0 Å². The molecule has 1 amide bonds. The Bertz CT molecular complexity index is 851. The standard InChI is InChI=1S/C17H18F3N3O4S/c1-16(25,9-28-12-5-2-10(21)3-6-12)15(24)22-11-4-7-14(23(26)27)13(8-11)17(18,19)20/h2,4-5,7-8,25H,3,6,9,21H2,1H3,(H,22,24)/t16-/m1/s1. The molecule has 7 nitrogen and oxygen atoms in total. The first-order chi connectivity index (χ1) is 12.9. The third kappa shape index (κ3) is 5.49. The number of allylic oxidation sites excluding steroid dienone is 4. The molecule has 1 aromatic rings. The largest absolute Gasteiger partial charge is 0.423 e. The fourth-order valence-corrected chi connectivity index (χ4v) is 3.33. The van der Waals surface area contributed by atoms with Crippen LogP contribution in [0.3, 0.4) is 0 Å². The molecule has 0 fully saturated rings. The normalized spacial score (nSPS) is 16.6. The lowest BCUT2D eigenvalue weighted by Crippen LogP contribution is -2.42. The monoisotopic (exact) mass is 417 g/mol. The first kappa shape index (κ1) is 21.8. The fourth-order valence-electron chi connectivity index (χ4n) is 2.32. The quantitative estimate of drug-likeness (QED) is 0.481. The lowest BCUT2D eigenvalue weighted by Gasteiger charge is -2.23. The van der Waals surface area contributed by atoms with Crippen LogP contribution >= 0.6 is 11.8 Å². The highest BCUT2D eigenvalue weighted by atomic mass is 32.2. The van der Waals surface area contributed by atoms with Crippen LogP contribution in [-0.4, -0.2) is 27.3 Å². The van der Waals surface area contributed by atoms with Gasteiger partial charge in [0.1, 0.15) is 11.2 Å². The molecule has 0 aliphatic heterocycles. The van der Waals surface area contributed by atoms with Crippen molar-refractivity contribution in [2.75, 3.05) is 11.1 Å². The minimum Gasteiger partial charge on any atom is -0.402 e. The molecule has 1 aliphatic carbocycles. The Labute approximate surface area is 162 Å². The summed E-state index contributed by atoms with van der Waals surface area (Å²) in [4.78, 5) is 22.8. The number of hydrogen-bond acceptors (Lipinski definition) is 6. The van der Waals surface area contributed by atoms with Gasteiger partial charge < -0.3 is 16.2 Å². The number of nitrogens with zero attached hydrogens (tertiary/aromatic N) is 1. The molecule has 2 rings (SSSR count). The van der Waals surface area contributed by atoms with Crippen molar-refractivity contribution in [3.8, 4) is 0 Å².